The van der Waals surface area contributed by atoms with Crippen LogP contribution in [0.25, 0.3) is 0 Å². The van der Waals surface area contributed by atoms with Crippen LogP contribution >= 0.6 is 12.4 Å². The van der Waals surface area contributed by atoms with E-state index in [1.807, 2.05) is 54.6 Å². The van der Waals surface area contributed by atoms with Crippen molar-refractivity contribution < 1.29 is 9.53 Å². The van der Waals surface area contributed by atoms with Crippen molar-refractivity contribution in [2.45, 2.75) is 19.3 Å². The number of amides is 1. The first-order valence-electron chi connectivity index (χ1n) is 8.14. The third-order valence-electron chi connectivity index (χ3n) is 4.07. The van der Waals surface area contributed by atoms with Gasteiger partial charge < -0.3 is 15.4 Å². The molecule has 24 heavy (non-hydrogen) atoms. The summed E-state index contributed by atoms with van der Waals surface area (Å²) in [5.41, 5.74) is 0.714. The van der Waals surface area contributed by atoms with Gasteiger partial charge in [0.1, 0.15) is 5.75 Å². The van der Waals surface area contributed by atoms with Crippen LogP contribution in [0, 0.1) is 5.92 Å². The second-order valence-electron chi connectivity index (χ2n) is 5.86. The normalized spacial score (nSPS) is 16.2. The molecule has 1 atom stereocenters. The second-order valence-corrected chi connectivity index (χ2v) is 5.86. The summed E-state index contributed by atoms with van der Waals surface area (Å²) in [6.07, 6.45) is 2.65. The Balaban J connectivity index is 0.00000208. The Morgan fingerprint density at radius 3 is 2.62 bits per heavy atom. The number of para-hydroxylation sites is 3. The molecule has 0 saturated carbocycles. The standard InChI is InChI=1S/C19H22N2O2.ClH/c22-19(11-10-15-12-13-20-14-15)21-17-8-4-5-9-18(17)23-16-6-2-1-3-7-16;/h1-9,15,20H,10-14H2,(H,21,22);1H. The summed E-state index contributed by atoms with van der Waals surface area (Å²) < 4.78 is 5.86. The SMILES string of the molecule is Cl.O=C(CCC1CCNC1)Nc1ccccc1Oc1ccccc1. The Morgan fingerprint density at radius 2 is 1.88 bits per heavy atom. The van der Waals surface area contributed by atoms with Crippen LogP contribution in [0.2, 0.25) is 0 Å². The number of halogens is 1. The Labute approximate surface area is 149 Å². The fourth-order valence-corrected chi connectivity index (χ4v) is 2.78. The number of carbonyl (C=O) groups is 1. The van der Waals surface area contributed by atoms with E-state index < -0.39 is 0 Å². The number of anilines is 1. The van der Waals surface area contributed by atoms with E-state index in [-0.39, 0.29) is 18.3 Å². The summed E-state index contributed by atoms with van der Waals surface area (Å²) in [4.78, 5) is 12.2. The number of rotatable bonds is 6. The first kappa shape index (κ1) is 18.3. The van der Waals surface area contributed by atoms with Crippen molar-refractivity contribution in [1.82, 2.24) is 5.32 Å². The molecular formula is C19H23ClN2O2. The molecular weight excluding hydrogens is 324 g/mol. The number of hydrogen-bond acceptors (Lipinski definition) is 3. The lowest BCUT2D eigenvalue weighted by Gasteiger charge is -2.13. The number of benzene rings is 2. The number of hydrogen-bond donors (Lipinski definition) is 2. The summed E-state index contributed by atoms with van der Waals surface area (Å²) in [6.45, 7) is 2.10. The van der Waals surface area contributed by atoms with Crippen molar-refractivity contribution in [1.29, 1.82) is 0 Å². The fraction of sp³-hybridized carbons (Fsp3) is 0.316. The molecule has 3 rings (SSSR count). The smallest absolute Gasteiger partial charge is 0.224 e. The van der Waals surface area contributed by atoms with Gasteiger partial charge in [0.2, 0.25) is 5.91 Å². The van der Waals surface area contributed by atoms with E-state index in [9.17, 15) is 4.79 Å². The predicted molar refractivity (Wildman–Crippen MR) is 99.0 cm³/mol. The Morgan fingerprint density at radius 1 is 1.12 bits per heavy atom. The molecule has 1 aliphatic heterocycles. The third kappa shape index (κ3) is 5.25. The summed E-state index contributed by atoms with van der Waals surface area (Å²) in [6, 6.07) is 17.1. The topological polar surface area (TPSA) is 50.4 Å². The molecule has 2 aromatic rings. The minimum Gasteiger partial charge on any atom is -0.455 e. The molecule has 1 fully saturated rings. The van der Waals surface area contributed by atoms with Crippen LogP contribution < -0.4 is 15.4 Å². The number of nitrogens with one attached hydrogen (secondary N) is 2. The van der Waals surface area contributed by atoms with Gasteiger partial charge in [-0.2, -0.15) is 0 Å². The average Bonchev–Trinajstić information content (AvgIpc) is 3.09. The van der Waals surface area contributed by atoms with Gasteiger partial charge in [0.05, 0.1) is 5.69 Å². The zero-order valence-corrected chi connectivity index (χ0v) is 14.4. The highest BCUT2D eigenvalue weighted by Gasteiger charge is 2.16. The molecule has 0 radical (unpaired) electrons. The molecule has 1 unspecified atom stereocenters. The van der Waals surface area contributed by atoms with Gasteiger partial charge in [-0.15, -0.1) is 12.4 Å². The van der Waals surface area contributed by atoms with Gasteiger partial charge in [0, 0.05) is 6.42 Å². The molecule has 2 N–H and O–H groups in total. The molecule has 5 heteroatoms. The third-order valence-corrected chi connectivity index (χ3v) is 4.07. The zero-order chi connectivity index (χ0) is 15.9. The van der Waals surface area contributed by atoms with Gasteiger partial charge >= 0.3 is 0 Å². The van der Waals surface area contributed by atoms with Crippen LogP contribution in [-0.4, -0.2) is 19.0 Å². The maximum Gasteiger partial charge on any atom is 0.224 e. The molecule has 1 amide bonds. The van der Waals surface area contributed by atoms with E-state index >= 15 is 0 Å². The Bertz CT molecular complexity index is 643. The molecule has 128 valence electrons. The van der Waals surface area contributed by atoms with E-state index in [2.05, 4.69) is 10.6 Å². The van der Waals surface area contributed by atoms with Crippen molar-refractivity contribution in [2.24, 2.45) is 5.92 Å². The van der Waals surface area contributed by atoms with Gasteiger partial charge in [0.25, 0.3) is 0 Å². The Kier molecular flexibility index (Phi) is 7.09. The maximum absolute atomic E-state index is 12.2. The predicted octanol–water partition coefficient (Wildman–Crippen LogP) is 4.23. The molecule has 0 bridgehead atoms. The summed E-state index contributed by atoms with van der Waals surface area (Å²) >= 11 is 0. The van der Waals surface area contributed by atoms with Gasteiger partial charge in [0.15, 0.2) is 5.75 Å². The van der Waals surface area contributed by atoms with Crippen molar-refractivity contribution in [2.75, 3.05) is 18.4 Å². The molecule has 0 aliphatic carbocycles. The highest BCUT2D eigenvalue weighted by Crippen LogP contribution is 2.29. The first-order valence-corrected chi connectivity index (χ1v) is 8.14. The van der Waals surface area contributed by atoms with Crippen molar-refractivity contribution in [3.63, 3.8) is 0 Å². The lowest BCUT2D eigenvalue weighted by molar-refractivity contribution is -0.116. The molecule has 4 nitrogen and oxygen atoms in total. The van der Waals surface area contributed by atoms with Crippen LogP contribution in [0.3, 0.4) is 0 Å². The highest BCUT2D eigenvalue weighted by molar-refractivity contribution is 5.92. The van der Waals surface area contributed by atoms with E-state index in [1.165, 1.54) is 6.42 Å². The molecule has 1 heterocycles. The quantitative estimate of drug-likeness (QED) is 0.823. The van der Waals surface area contributed by atoms with Crippen LogP contribution in [-0.2, 0) is 4.79 Å². The lowest BCUT2D eigenvalue weighted by atomic mass is 10.0. The highest BCUT2D eigenvalue weighted by atomic mass is 35.5. The minimum atomic E-state index is 0. The largest absolute Gasteiger partial charge is 0.455 e. The van der Waals surface area contributed by atoms with E-state index in [0.717, 1.165) is 25.3 Å². The molecule has 0 aromatic heterocycles. The summed E-state index contributed by atoms with van der Waals surface area (Å²) in [7, 11) is 0. The van der Waals surface area contributed by atoms with Crippen LogP contribution in [0.4, 0.5) is 5.69 Å². The fourth-order valence-electron chi connectivity index (χ4n) is 2.78. The van der Waals surface area contributed by atoms with E-state index in [0.29, 0.717) is 23.8 Å². The minimum absolute atomic E-state index is 0. The summed E-state index contributed by atoms with van der Waals surface area (Å²) in [5.74, 6) is 2.08. The van der Waals surface area contributed by atoms with Crippen LogP contribution in [0.1, 0.15) is 19.3 Å². The van der Waals surface area contributed by atoms with Crippen molar-refractivity contribution in [3.8, 4) is 11.5 Å². The molecule has 2 aromatic carbocycles. The first-order chi connectivity index (χ1) is 11.3. The second kappa shape index (κ2) is 9.30. The maximum atomic E-state index is 12.2. The molecule has 1 aliphatic rings. The van der Waals surface area contributed by atoms with Gasteiger partial charge in [-0.05, 0) is 56.1 Å². The van der Waals surface area contributed by atoms with Crippen LogP contribution in [0.15, 0.2) is 54.6 Å². The van der Waals surface area contributed by atoms with Crippen LogP contribution in [0.5, 0.6) is 11.5 Å². The van der Waals surface area contributed by atoms with E-state index in [4.69, 9.17) is 4.74 Å². The molecule has 0 spiro atoms. The Hall–Kier alpha value is -2.04. The average molecular weight is 347 g/mol. The van der Waals surface area contributed by atoms with Gasteiger partial charge in [-0.3, -0.25) is 4.79 Å². The van der Waals surface area contributed by atoms with Gasteiger partial charge in [-0.1, -0.05) is 30.3 Å². The summed E-state index contributed by atoms with van der Waals surface area (Å²) in [5, 5.41) is 6.30. The van der Waals surface area contributed by atoms with Crippen molar-refractivity contribution >= 4 is 24.0 Å². The number of ether oxygens (including phenoxy) is 1. The van der Waals surface area contributed by atoms with Crippen molar-refractivity contribution in [3.05, 3.63) is 54.6 Å². The number of carbonyl (C=O) groups excluding carboxylic acids is 1. The van der Waals surface area contributed by atoms with E-state index in [1.54, 1.807) is 0 Å². The van der Waals surface area contributed by atoms with Gasteiger partial charge in [-0.25, -0.2) is 0 Å². The molecule has 1 saturated heterocycles. The lowest BCUT2D eigenvalue weighted by Crippen LogP contribution is -2.15. The monoisotopic (exact) mass is 346 g/mol. The zero-order valence-electron chi connectivity index (χ0n) is 13.5.